The number of nitrogens with zero attached hydrogens (tertiary/aromatic N) is 1. The van der Waals surface area contributed by atoms with E-state index in [1.54, 1.807) is 0 Å². The van der Waals surface area contributed by atoms with Crippen LogP contribution in [-0.4, -0.2) is 13.2 Å². The van der Waals surface area contributed by atoms with Crippen LogP contribution in [0.2, 0.25) is 0 Å². The molecule has 0 aliphatic carbocycles. The van der Waals surface area contributed by atoms with Gasteiger partial charge in [0.05, 0.1) is 25.2 Å². The summed E-state index contributed by atoms with van der Waals surface area (Å²) in [5.74, 6) is 1.50. The SMILES string of the molecule is CC(C)C(C#N)C(N)c1ccc2c(c1)OCCCO2. The zero-order valence-electron chi connectivity index (χ0n) is 11.4. The van der Waals surface area contributed by atoms with E-state index in [0.29, 0.717) is 13.2 Å². The third-order valence-electron chi connectivity index (χ3n) is 3.41. The molecule has 0 saturated heterocycles. The molecule has 2 rings (SSSR count). The second kappa shape index (κ2) is 5.94. The molecular formula is C15H20N2O2. The molecule has 0 amide bonds. The lowest BCUT2D eigenvalue weighted by molar-refractivity contribution is 0.296. The highest BCUT2D eigenvalue weighted by atomic mass is 16.5. The van der Waals surface area contributed by atoms with E-state index in [-0.39, 0.29) is 17.9 Å². The average Bonchev–Trinajstić information content (AvgIpc) is 2.63. The van der Waals surface area contributed by atoms with E-state index in [4.69, 9.17) is 15.2 Å². The Morgan fingerprint density at radius 1 is 1.21 bits per heavy atom. The maximum absolute atomic E-state index is 9.23. The highest BCUT2D eigenvalue weighted by molar-refractivity contribution is 5.44. The van der Waals surface area contributed by atoms with Gasteiger partial charge in [0.25, 0.3) is 0 Å². The predicted molar refractivity (Wildman–Crippen MR) is 72.9 cm³/mol. The molecule has 4 nitrogen and oxygen atoms in total. The number of ether oxygens (including phenoxy) is 2. The van der Waals surface area contributed by atoms with Crippen LogP contribution in [0.3, 0.4) is 0 Å². The molecular weight excluding hydrogens is 240 g/mol. The van der Waals surface area contributed by atoms with Crippen molar-refractivity contribution in [2.75, 3.05) is 13.2 Å². The van der Waals surface area contributed by atoms with Crippen molar-refractivity contribution in [1.29, 1.82) is 5.26 Å². The minimum absolute atomic E-state index is 0.204. The Bertz CT molecular complexity index is 480. The lowest BCUT2D eigenvalue weighted by Gasteiger charge is -2.22. The van der Waals surface area contributed by atoms with E-state index in [0.717, 1.165) is 23.5 Å². The molecule has 1 aromatic carbocycles. The van der Waals surface area contributed by atoms with Gasteiger partial charge in [-0.05, 0) is 23.6 Å². The molecule has 0 radical (unpaired) electrons. The Kier molecular flexibility index (Phi) is 4.28. The molecule has 2 atom stereocenters. The van der Waals surface area contributed by atoms with Crippen LogP contribution in [0.25, 0.3) is 0 Å². The number of hydrogen-bond acceptors (Lipinski definition) is 4. The van der Waals surface area contributed by atoms with Crippen molar-refractivity contribution in [2.24, 2.45) is 17.6 Å². The Labute approximate surface area is 114 Å². The zero-order valence-corrected chi connectivity index (χ0v) is 11.4. The van der Waals surface area contributed by atoms with Gasteiger partial charge in [-0.1, -0.05) is 19.9 Å². The number of nitriles is 1. The molecule has 0 aromatic heterocycles. The summed E-state index contributed by atoms with van der Waals surface area (Å²) >= 11 is 0. The Balaban J connectivity index is 2.26. The van der Waals surface area contributed by atoms with Crippen molar-refractivity contribution in [3.63, 3.8) is 0 Å². The van der Waals surface area contributed by atoms with Crippen molar-refractivity contribution in [2.45, 2.75) is 26.3 Å². The fourth-order valence-electron chi connectivity index (χ4n) is 2.24. The van der Waals surface area contributed by atoms with Crippen LogP contribution >= 0.6 is 0 Å². The number of benzene rings is 1. The van der Waals surface area contributed by atoms with E-state index >= 15 is 0 Å². The first-order valence-electron chi connectivity index (χ1n) is 6.68. The van der Waals surface area contributed by atoms with Crippen LogP contribution in [0, 0.1) is 23.2 Å². The fraction of sp³-hybridized carbons (Fsp3) is 0.533. The molecule has 102 valence electrons. The van der Waals surface area contributed by atoms with E-state index in [1.807, 2.05) is 32.0 Å². The average molecular weight is 260 g/mol. The summed E-state index contributed by atoms with van der Waals surface area (Å²) < 4.78 is 11.2. The molecule has 19 heavy (non-hydrogen) atoms. The quantitative estimate of drug-likeness (QED) is 0.907. The first-order valence-corrected chi connectivity index (χ1v) is 6.68. The van der Waals surface area contributed by atoms with Gasteiger partial charge in [-0.15, -0.1) is 0 Å². The van der Waals surface area contributed by atoms with Crippen molar-refractivity contribution in [3.05, 3.63) is 23.8 Å². The van der Waals surface area contributed by atoms with Gasteiger partial charge >= 0.3 is 0 Å². The van der Waals surface area contributed by atoms with E-state index in [9.17, 15) is 5.26 Å². The number of rotatable bonds is 3. The van der Waals surface area contributed by atoms with Crippen molar-refractivity contribution in [3.8, 4) is 17.6 Å². The molecule has 2 unspecified atom stereocenters. The molecule has 0 bridgehead atoms. The molecule has 1 aromatic rings. The fourth-order valence-corrected chi connectivity index (χ4v) is 2.24. The normalized spacial score (nSPS) is 17.4. The topological polar surface area (TPSA) is 68.3 Å². The molecule has 0 saturated carbocycles. The van der Waals surface area contributed by atoms with Crippen LogP contribution < -0.4 is 15.2 Å². The van der Waals surface area contributed by atoms with Gasteiger partial charge in [0, 0.05) is 12.5 Å². The molecule has 0 spiro atoms. The van der Waals surface area contributed by atoms with E-state index in [2.05, 4.69) is 6.07 Å². The third-order valence-corrected chi connectivity index (χ3v) is 3.41. The summed E-state index contributed by atoms with van der Waals surface area (Å²) in [6, 6.07) is 7.69. The van der Waals surface area contributed by atoms with Crippen molar-refractivity contribution >= 4 is 0 Å². The maximum atomic E-state index is 9.23. The number of nitrogens with two attached hydrogens (primary N) is 1. The van der Waals surface area contributed by atoms with Gasteiger partial charge in [0.1, 0.15) is 0 Å². The number of fused-ring (bicyclic) bond motifs is 1. The maximum Gasteiger partial charge on any atom is 0.161 e. The van der Waals surface area contributed by atoms with Gasteiger partial charge in [-0.3, -0.25) is 0 Å². The molecule has 4 heteroatoms. The van der Waals surface area contributed by atoms with Gasteiger partial charge in [-0.2, -0.15) is 5.26 Å². The minimum atomic E-state index is -0.304. The van der Waals surface area contributed by atoms with Crippen LogP contribution in [0.15, 0.2) is 18.2 Å². The first kappa shape index (κ1) is 13.7. The standard InChI is InChI=1S/C15H20N2O2/c1-10(2)12(9-16)15(17)11-4-5-13-14(8-11)19-7-3-6-18-13/h4-5,8,10,12,15H,3,6-7,17H2,1-2H3. The smallest absolute Gasteiger partial charge is 0.161 e. The zero-order chi connectivity index (χ0) is 13.8. The largest absolute Gasteiger partial charge is 0.490 e. The summed E-state index contributed by atoms with van der Waals surface area (Å²) in [4.78, 5) is 0. The summed E-state index contributed by atoms with van der Waals surface area (Å²) in [6.07, 6.45) is 0.878. The second-order valence-electron chi connectivity index (χ2n) is 5.18. The minimum Gasteiger partial charge on any atom is -0.490 e. The van der Waals surface area contributed by atoms with Gasteiger partial charge in [0.15, 0.2) is 11.5 Å². The molecule has 2 N–H and O–H groups in total. The summed E-state index contributed by atoms with van der Waals surface area (Å²) in [5, 5.41) is 9.23. The van der Waals surface area contributed by atoms with E-state index < -0.39 is 0 Å². The van der Waals surface area contributed by atoms with Gasteiger partial charge in [-0.25, -0.2) is 0 Å². The number of hydrogen-bond donors (Lipinski definition) is 1. The highest BCUT2D eigenvalue weighted by Gasteiger charge is 2.24. The van der Waals surface area contributed by atoms with Crippen LogP contribution in [0.4, 0.5) is 0 Å². The lowest BCUT2D eigenvalue weighted by atomic mass is 9.86. The Hall–Kier alpha value is -1.73. The first-order chi connectivity index (χ1) is 9.13. The van der Waals surface area contributed by atoms with Crippen molar-refractivity contribution in [1.82, 2.24) is 0 Å². The third kappa shape index (κ3) is 2.99. The highest BCUT2D eigenvalue weighted by Crippen LogP contribution is 2.34. The molecule has 0 fully saturated rings. The Morgan fingerprint density at radius 2 is 1.89 bits per heavy atom. The lowest BCUT2D eigenvalue weighted by Crippen LogP contribution is -2.24. The molecule has 1 heterocycles. The monoisotopic (exact) mass is 260 g/mol. The van der Waals surface area contributed by atoms with Crippen LogP contribution in [0.5, 0.6) is 11.5 Å². The summed E-state index contributed by atoms with van der Waals surface area (Å²) in [5.41, 5.74) is 7.12. The van der Waals surface area contributed by atoms with Crippen LogP contribution in [0.1, 0.15) is 31.9 Å². The van der Waals surface area contributed by atoms with Gasteiger partial charge in [0.2, 0.25) is 0 Å². The van der Waals surface area contributed by atoms with Gasteiger partial charge < -0.3 is 15.2 Å². The molecule has 1 aliphatic heterocycles. The molecule has 1 aliphatic rings. The van der Waals surface area contributed by atoms with E-state index in [1.165, 1.54) is 0 Å². The summed E-state index contributed by atoms with van der Waals surface area (Å²) in [6.45, 7) is 5.34. The second-order valence-corrected chi connectivity index (χ2v) is 5.18. The predicted octanol–water partition coefficient (Wildman–Crippen LogP) is 2.64. The van der Waals surface area contributed by atoms with Crippen LogP contribution in [-0.2, 0) is 0 Å². The Morgan fingerprint density at radius 3 is 2.53 bits per heavy atom. The van der Waals surface area contributed by atoms with Crippen molar-refractivity contribution < 1.29 is 9.47 Å². The summed E-state index contributed by atoms with van der Waals surface area (Å²) in [7, 11) is 0.